The number of nitro benzene ring substituents is 1. The van der Waals surface area contributed by atoms with E-state index in [1.165, 1.54) is 19.2 Å². The summed E-state index contributed by atoms with van der Waals surface area (Å²) >= 11 is 0. The third kappa shape index (κ3) is 4.57. The second kappa shape index (κ2) is 9.90. The van der Waals surface area contributed by atoms with E-state index in [2.05, 4.69) is 5.32 Å². The Labute approximate surface area is 195 Å². The van der Waals surface area contributed by atoms with Gasteiger partial charge in [0.25, 0.3) is 5.69 Å². The Bertz CT molecular complexity index is 1170. The number of carbonyl (C=O) groups excluding carboxylic acids is 1. The van der Waals surface area contributed by atoms with Crippen molar-refractivity contribution in [3.8, 4) is 16.9 Å². The van der Waals surface area contributed by atoms with E-state index in [1.54, 1.807) is 0 Å². The van der Waals surface area contributed by atoms with Gasteiger partial charge < -0.3 is 25.0 Å². The van der Waals surface area contributed by atoms with Gasteiger partial charge in [-0.1, -0.05) is 48.5 Å². The Hall–Kier alpha value is -3.95. The van der Waals surface area contributed by atoms with Crippen molar-refractivity contribution in [2.45, 2.75) is 18.1 Å². The highest BCUT2D eigenvalue weighted by Crippen LogP contribution is 2.44. The molecule has 4 rings (SSSR count). The molecule has 2 unspecified atom stereocenters. The first kappa shape index (κ1) is 23.2. The monoisotopic (exact) mass is 464 g/mol. The molecule has 3 aromatic rings. The van der Waals surface area contributed by atoms with Crippen LogP contribution in [-0.2, 0) is 4.74 Å². The fourth-order valence-electron chi connectivity index (χ4n) is 4.21. The minimum absolute atomic E-state index is 0.0573. The maximum absolute atomic E-state index is 12.3. The quantitative estimate of drug-likeness (QED) is 0.343. The second-order valence-corrected chi connectivity index (χ2v) is 7.90. The summed E-state index contributed by atoms with van der Waals surface area (Å²) in [5.41, 5.74) is 4.34. The van der Waals surface area contributed by atoms with Crippen molar-refractivity contribution < 1.29 is 29.4 Å². The standard InChI is InChI=1S/C25H24N2O7/c1-33-23-12-15(27(31)32)10-11-20(23)24(29)22(28)13-26-25(30)34-14-21-18-8-4-2-6-16(18)17-7-3-5-9-19(17)21/h2-12,21-22,24,28-29H,13-14H2,1H3,(H,26,30). The van der Waals surface area contributed by atoms with Crippen LogP contribution in [0.4, 0.5) is 10.5 Å². The Balaban J connectivity index is 1.35. The van der Waals surface area contributed by atoms with Crippen molar-refractivity contribution in [3.05, 3.63) is 93.5 Å². The van der Waals surface area contributed by atoms with Gasteiger partial charge in [0.2, 0.25) is 0 Å². The van der Waals surface area contributed by atoms with Crippen molar-refractivity contribution in [2.24, 2.45) is 0 Å². The number of benzene rings is 3. The molecule has 1 aliphatic carbocycles. The van der Waals surface area contributed by atoms with Gasteiger partial charge in [-0.15, -0.1) is 0 Å². The summed E-state index contributed by atoms with van der Waals surface area (Å²) in [6, 6.07) is 19.6. The molecule has 0 fully saturated rings. The number of nitrogens with zero attached hydrogens (tertiary/aromatic N) is 1. The van der Waals surface area contributed by atoms with E-state index in [1.807, 2.05) is 48.5 Å². The van der Waals surface area contributed by atoms with E-state index in [9.17, 15) is 25.1 Å². The molecular formula is C25H24N2O7. The molecule has 1 aliphatic rings. The second-order valence-electron chi connectivity index (χ2n) is 7.90. The van der Waals surface area contributed by atoms with Crippen LogP contribution in [0.1, 0.15) is 28.7 Å². The molecule has 0 bridgehead atoms. The van der Waals surface area contributed by atoms with Crippen molar-refractivity contribution in [3.63, 3.8) is 0 Å². The third-order valence-electron chi connectivity index (χ3n) is 5.91. The Kier molecular flexibility index (Phi) is 6.76. The van der Waals surface area contributed by atoms with Gasteiger partial charge in [-0.25, -0.2) is 4.79 Å². The molecule has 0 saturated heterocycles. The number of aliphatic hydroxyl groups is 2. The highest BCUT2D eigenvalue weighted by atomic mass is 16.6. The molecule has 0 aliphatic heterocycles. The van der Waals surface area contributed by atoms with Gasteiger partial charge in [0.05, 0.1) is 18.1 Å². The molecule has 0 aromatic heterocycles. The summed E-state index contributed by atoms with van der Waals surface area (Å²) in [5.74, 6) is -0.0417. The lowest BCUT2D eigenvalue weighted by atomic mass is 9.98. The Morgan fingerprint density at radius 2 is 1.68 bits per heavy atom. The van der Waals surface area contributed by atoms with Gasteiger partial charge >= 0.3 is 6.09 Å². The average Bonchev–Trinajstić information content (AvgIpc) is 3.18. The molecule has 0 radical (unpaired) electrons. The number of rotatable bonds is 8. The van der Waals surface area contributed by atoms with Crippen molar-refractivity contribution in [2.75, 3.05) is 20.3 Å². The molecule has 9 nitrogen and oxygen atoms in total. The first-order valence-electron chi connectivity index (χ1n) is 10.7. The summed E-state index contributed by atoms with van der Waals surface area (Å²) < 4.78 is 10.5. The Morgan fingerprint density at radius 3 is 2.26 bits per heavy atom. The van der Waals surface area contributed by atoms with Crippen molar-refractivity contribution in [1.29, 1.82) is 0 Å². The summed E-state index contributed by atoms with van der Waals surface area (Å²) in [4.78, 5) is 22.6. The zero-order chi connectivity index (χ0) is 24.2. The highest BCUT2D eigenvalue weighted by Gasteiger charge is 2.29. The van der Waals surface area contributed by atoms with E-state index in [0.29, 0.717) is 0 Å². The number of methoxy groups -OCH3 is 1. The lowest BCUT2D eigenvalue weighted by Gasteiger charge is -2.21. The van der Waals surface area contributed by atoms with Gasteiger partial charge in [-0.2, -0.15) is 0 Å². The van der Waals surface area contributed by atoms with E-state index in [-0.39, 0.29) is 36.1 Å². The number of nitro groups is 1. The zero-order valence-corrected chi connectivity index (χ0v) is 18.4. The largest absolute Gasteiger partial charge is 0.496 e. The number of non-ortho nitro benzene ring substituents is 1. The van der Waals surface area contributed by atoms with Crippen LogP contribution in [0.15, 0.2) is 66.7 Å². The van der Waals surface area contributed by atoms with Gasteiger partial charge in [-0.3, -0.25) is 10.1 Å². The molecule has 2 atom stereocenters. The molecule has 0 spiro atoms. The summed E-state index contributed by atoms with van der Waals surface area (Å²) in [5, 5.41) is 34.2. The lowest BCUT2D eigenvalue weighted by Crippen LogP contribution is -2.36. The number of amides is 1. The minimum atomic E-state index is -1.44. The average molecular weight is 464 g/mol. The van der Waals surface area contributed by atoms with E-state index in [0.717, 1.165) is 28.3 Å². The fourth-order valence-corrected chi connectivity index (χ4v) is 4.21. The smallest absolute Gasteiger partial charge is 0.407 e. The molecule has 176 valence electrons. The van der Waals surface area contributed by atoms with E-state index in [4.69, 9.17) is 9.47 Å². The normalized spacial score (nSPS) is 14.0. The molecule has 0 saturated carbocycles. The van der Waals surface area contributed by atoms with Crippen LogP contribution in [0.5, 0.6) is 5.75 Å². The molecule has 3 N–H and O–H groups in total. The van der Waals surface area contributed by atoms with Gasteiger partial charge in [-0.05, 0) is 28.3 Å². The number of aliphatic hydroxyl groups excluding tert-OH is 2. The van der Waals surface area contributed by atoms with Crippen LogP contribution in [0, 0.1) is 10.1 Å². The number of ether oxygens (including phenoxy) is 2. The predicted octanol–water partition coefficient (Wildman–Crippen LogP) is 3.54. The summed E-state index contributed by atoms with van der Waals surface area (Å²) in [6.07, 6.45) is -3.57. The van der Waals surface area contributed by atoms with E-state index < -0.39 is 23.2 Å². The topological polar surface area (TPSA) is 131 Å². The number of hydrogen-bond donors (Lipinski definition) is 3. The SMILES string of the molecule is COc1cc([N+](=O)[O-])ccc1C(O)C(O)CNC(=O)OCC1c2ccccc2-c2ccccc21. The minimum Gasteiger partial charge on any atom is -0.496 e. The van der Waals surface area contributed by atoms with Gasteiger partial charge in [0.15, 0.2) is 0 Å². The number of alkyl carbamates (subject to hydrolysis) is 1. The molecule has 34 heavy (non-hydrogen) atoms. The van der Waals surface area contributed by atoms with Crippen LogP contribution in [0.2, 0.25) is 0 Å². The van der Waals surface area contributed by atoms with Gasteiger partial charge in [0.1, 0.15) is 24.6 Å². The highest BCUT2D eigenvalue weighted by molar-refractivity contribution is 5.79. The Morgan fingerprint density at radius 1 is 1.06 bits per heavy atom. The molecule has 3 aromatic carbocycles. The van der Waals surface area contributed by atoms with Crippen LogP contribution in [0.25, 0.3) is 11.1 Å². The number of fused-ring (bicyclic) bond motifs is 3. The lowest BCUT2D eigenvalue weighted by molar-refractivity contribution is -0.385. The molecule has 1 amide bonds. The van der Waals surface area contributed by atoms with Crippen LogP contribution >= 0.6 is 0 Å². The maximum atomic E-state index is 12.3. The van der Waals surface area contributed by atoms with Crippen LogP contribution in [0.3, 0.4) is 0 Å². The molecular weight excluding hydrogens is 440 g/mol. The van der Waals surface area contributed by atoms with Crippen molar-refractivity contribution in [1.82, 2.24) is 5.32 Å². The number of nitrogens with one attached hydrogen (secondary N) is 1. The summed E-state index contributed by atoms with van der Waals surface area (Å²) in [6.45, 7) is -0.174. The fraction of sp³-hybridized carbons (Fsp3) is 0.240. The van der Waals surface area contributed by atoms with Crippen LogP contribution in [-0.4, -0.2) is 47.6 Å². The molecule has 0 heterocycles. The molecule has 9 heteroatoms. The third-order valence-corrected chi connectivity index (χ3v) is 5.91. The van der Waals surface area contributed by atoms with Gasteiger partial charge in [0, 0.05) is 24.1 Å². The predicted molar refractivity (Wildman–Crippen MR) is 124 cm³/mol. The van der Waals surface area contributed by atoms with Crippen LogP contribution < -0.4 is 10.1 Å². The number of carbonyl (C=O) groups is 1. The summed E-state index contributed by atoms with van der Waals surface area (Å²) in [7, 11) is 1.30. The first-order chi connectivity index (χ1) is 16.4. The first-order valence-corrected chi connectivity index (χ1v) is 10.7. The number of hydrogen-bond acceptors (Lipinski definition) is 7. The van der Waals surface area contributed by atoms with Crippen molar-refractivity contribution >= 4 is 11.8 Å². The zero-order valence-electron chi connectivity index (χ0n) is 18.4. The maximum Gasteiger partial charge on any atom is 0.407 e. The van der Waals surface area contributed by atoms with E-state index >= 15 is 0 Å².